The van der Waals surface area contributed by atoms with Crippen molar-refractivity contribution in [3.63, 3.8) is 0 Å². The average molecular weight is 466 g/mol. The second kappa shape index (κ2) is 7.67. The lowest BCUT2D eigenvalue weighted by Crippen LogP contribution is -2.24. The molecule has 1 aromatic carbocycles. The van der Waals surface area contributed by atoms with E-state index in [1.807, 2.05) is 0 Å². The first-order valence-corrected chi connectivity index (χ1v) is 8.49. The molecule has 1 aliphatic carbocycles. The van der Waals surface area contributed by atoms with Crippen molar-refractivity contribution in [3.8, 4) is 0 Å². The van der Waals surface area contributed by atoms with Gasteiger partial charge < -0.3 is 5.32 Å². The quantitative estimate of drug-likeness (QED) is 0.464. The molecular formula is C16H9ClF9N3O. The van der Waals surface area contributed by atoms with E-state index in [0.717, 1.165) is 4.68 Å². The molecule has 2 aromatic rings. The van der Waals surface area contributed by atoms with Gasteiger partial charge in [0.15, 0.2) is 23.3 Å². The van der Waals surface area contributed by atoms with Crippen molar-refractivity contribution in [1.82, 2.24) is 9.78 Å². The van der Waals surface area contributed by atoms with Crippen LogP contribution in [-0.2, 0) is 17.5 Å². The highest BCUT2D eigenvalue weighted by Gasteiger charge is 2.42. The van der Waals surface area contributed by atoms with Gasteiger partial charge in [-0.05, 0) is 12.8 Å². The summed E-state index contributed by atoms with van der Waals surface area (Å²) in [5.41, 5.74) is -5.38. The van der Waals surface area contributed by atoms with E-state index in [2.05, 4.69) is 5.10 Å². The first-order chi connectivity index (χ1) is 13.8. The molecule has 1 aliphatic rings. The van der Waals surface area contributed by atoms with Gasteiger partial charge in [0, 0.05) is 5.92 Å². The van der Waals surface area contributed by atoms with Crippen LogP contribution in [0.2, 0.25) is 5.02 Å². The van der Waals surface area contributed by atoms with Gasteiger partial charge in [-0.2, -0.15) is 18.3 Å². The van der Waals surface area contributed by atoms with Crippen LogP contribution in [0.25, 0.3) is 0 Å². The van der Waals surface area contributed by atoms with Crippen molar-refractivity contribution >= 4 is 23.2 Å². The van der Waals surface area contributed by atoms with Crippen LogP contribution in [0.4, 0.5) is 45.2 Å². The van der Waals surface area contributed by atoms with Crippen LogP contribution in [0.3, 0.4) is 0 Å². The third-order valence-electron chi connectivity index (χ3n) is 4.23. The molecule has 0 bridgehead atoms. The summed E-state index contributed by atoms with van der Waals surface area (Å²) in [7, 11) is 0. The topological polar surface area (TPSA) is 46.9 Å². The standard InChI is InChI=1S/C16H9ClF9N3O/c17-7-12(15(22)23)28-29(14(7)4-1-2-4)3-5(30)27-13-10(20)8(18)6(16(24,25)26)9(19)11(13)21/h4,15H,1-3H2,(H,27,30). The van der Waals surface area contributed by atoms with E-state index in [0.29, 0.717) is 12.8 Å². The molecule has 1 heterocycles. The lowest BCUT2D eigenvalue weighted by atomic mass is 10.1. The fraction of sp³-hybridized carbons (Fsp3) is 0.375. The third-order valence-corrected chi connectivity index (χ3v) is 4.62. The molecule has 0 radical (unpaired) electrons. The maximum absolute atomic E-state index is 13.9. The number of hydrogen-bond donors (Lipinski definition) is 1. The van der Waals surface area contributed by atoms with E-state index in [4.69, 9.17) is 11.6 Å². The Kier molecular flexibility index (Phi) is 5.69. The number of aromatic nitrogens is 2. The Morgan fingerprint density at radius 3 is 2.07 bits per heavy atom. The largest absolute Gasteiger partial charge is 0.422 e. The number of hydrogen-bond acceptors (Lipinski definition) is 2. The zero-order chi connectivity index (χ0) is 22.5. The number of carbonyl (C=O) groups excluding carboxylic acids is 1. The Morgan fingerprint density at radius 1 is 1.10 bits per heavy atom. The number of carbonyl (C=O) groups is 1. The van der Waals surface area contributed by atoms with Crippen LogP contribution < -0.4 is 5.32 Å². The summed E-state index contributed by atoms with van der Waals surface area (Å²) in [6.45, 7) is -0.943. The number of anilines is 1. The molecule has 4 nitrogen and oxygen atoms in total. The SMILES string of the molecule is O=C(Cn1nc(C(F)F)c(Cl)c1C1CC1)Nc1c(F)c(F)c(C(F)(F)F)c(F)c1F. The highest BCUT2D eigenvalue weighted by Crippen LogP contribution is 2.45. The van der Waals surface area contributed by atoms with Crippen LogP contribution in [0, 0.1) is 23.3 Å². The number of benzene rings is 1. The van der Waals surface area contributed by atoms with Crippen LogP contribution in [0.1, 0.15) is 42.1 Å². The zero-order valence-electron chi connectivity index (χ0n) is 14.4. The van der Waals surface area contributed by atoms with Crippen LogP contribution in [0.5, 0.6) is 0 Å². The van der Waals surface area contributed by atoms with E-state index in [1.165, 1.54) is 5.32 Å². The van der Waals surface area contributed by atoms with E-state index in [9.17, 15) is 44.3 Å². The van der Waals surface area contributed by atoms with Gasteiger partial charge in [-0.25, -0.2) is 26.3 Å². The summed E-state index contributed by atoms with van der Waals surface area (Å²) in [6, 6.07) is 0. The van der Waals surface area contributed by atoms with Crippen molar-refractivity contribution in [2.45, 2.75) is 37.9 Å². The van der Waals surface area contributed by atoms with Gasteiger partial charge in [0.25, 0.3) is 6.43 Å². The minimum Gasteiger partial charge on any atom is -0.319 e. The van der Waals surface area contributed by atoms with Gasteiger partial charge in [0.1, 0.15) is 23.5 Å². The highest BCUT2D eigenvalue weighted by atomic mass is 35.5. The Hall–Kier alpha value is -2.44. The molecule has 1 saturated carbocycles. The Bertz CT molecular complexity index is 986. The smallest absolute Gasteiger partial charge is 0.319 e. The van der Waals surface area contributed by atoms with E-state index < -0.39 is 70.3 Å². The minimum atomic E-state index is -5.74. The number of halogens is 10. The zero-order valence-corrected chi connectivity index (χ0v) is 15.1. The fourth-order valence-corrected chi connectivity index (χ4v) is 3.16. The molecule has 0 unspecified atom stereocenters. The number of rotatable bonds is 5. The Morgan fingerprint density at radius 2 is 1.63 bits per heavy atom. The molecule has 14 heteroatoms. The van der Waals surface area contributed by atoms with Crippen LogP contribution in [-0.4, -0.2) is 15.7 Å². The number of nitrogens with one attached hydrogen (secondary N) is 1. The minimum absolute atomic E-state index is 0.0628. The molecule has 1 amide bonds. The Labute approximate surface area is 166 Å². The first-order valence-electron chi connectivity index (χ1n) is 8.11. The molecule has 0 aliphatic heterocycles. The predicted molar refractivity (Wildman–Crippen MR) is 84.1 cm³/mol. The maximum atomic E-state index is 13.9. The first kappa shape index (κ1) is 22.2. The molecular weight excluding hydrogens is 457 g/mol. The second-order valence-electron chi connectivity index (χ2n) is 6.37. The van der Waals surface area contributed by atoms with Crippen molar-refractivity contribution < 1.29 is 44.3 Å². The molecule has 0 spiro atoms. The summed E-state index contributed by atoms with van der Waals surface area (Å²) in [4.78, 5) is 12.1. The molecule has 164 valence electrons. The predicted octanol–water partition coefficient (Wildman–Crippen LogP) is 5.57. The monoisotopic (exact) mass is 465 g/mol. The molecule has 1 fully saturated rings. The van der Waals surface area contributed by atoms with Gasteiger partial charge in [-0.15, -0.1) is 0 Å². The van der Waals surface area contributed by atoms with E-state index in [1.54, 1.807) is 0 Å². The lowest BCUT2D eigenvalue weighted by Gasteiger charge is -2.15. The van der Waals surface area contributed by atoms with Gasteiger partial charge >= 0.3 is 6.18 Å². The summed E-state index contributed by atoms with van der Waals surface area (Å²) in [5.74, 6) is -12.2. The maximum Gasteiger partial charge on any atom is 0.422 e. The summed E-state index contributed by atoms with van der Waals surface area (Å²) >= 11 is 5.83. The van der Waals surface area contributed by atoms with Gasteiger partial charge in [0.2, 0.25) is 5.91 Å². The van der Waals surface area contributed by atoms with Crippen molar-refractivity contribution in [1.29, 1.82) is 0 Å². The molecule has 0 saturated heterocycles. The molecule has 3 rings (SSSR count). The summed E-state index contributed by atoms with van der Waals surface area (Å²) in [5, 5.41) is 4.47. The fourth-order valence-electron chi connectivity index (χ4n) is 2.78. The number of amides is 1. The second-order valence-corrected chi connectivity index (χ2v) is 6.75. The summed E-state index contributed by atoms with van der Waals surface area (Å²) < 4.78 is 120. The lowest BCUT2D eigenvalue weighted by molar-refractivity contribution is -0.143. The van der Waals surface area contributed by atoms with Gasteiger partial charge in [-0.3, -0.25) is 9.48 Å². The summed E-state index contributed by atoms with van der Waals surface area (Å²) in [6.07, 6.45) is -7.73. The molecule has 0 atom stereocenters. The van der Waals surface area contributed by atoms with Crippen molar-refractivity contribution in [3.05, 3.63) is 45.2 Å². The number of alkyl halides is 5. The third kappa shape index (κ3) is 3.94. The average Bonchev–Trinajstić information content (AvgIpc) is 3.40. The van der Waals surface area contributed by atoms with E-state index >= 15 is 0 Å². The number of nitrogens with zero attached hydrogens (tertiary/aromatic N) is 2. The van der Waals surface area contributed by atoms with Crippen LogP contribution >= 0.6 is 11.6 Å². The molecule has 30 heavy (non-hydrogen) atoms. The van der Waals surface area contributed by atoms with Crippen molar-refractivity contribution in [2.75, 3.05) is 5.32 Å². The van der Waals surface area contributed by atoms with Crippen molar-refractivity contribution in [2.24, 2.45) is 0 Å². The van der Waals surface area contributed by atoms with Crippen LogP contribution in [0.15, 0.2) is 0 Å². The molecule has 1 aromatic heterocycles. The normalized spacial score (nSPS) is 14.5. The van der Waals surface area contributed by atoms with Gasteiger partial charge in [0.05, 0.1) is 10.7 Å². The Balaban J connectivity index is 1.92. The van der Waals surface area contributed by atoms with E-state index in [-0.39, 0.29) is 11.6 Å². The highest BCUT2D eigenvalue weighted by molar-refractivity contribution is 6.32. The molecule has 1 N–H and O–H groups in total. The van der Waals surface area contributed by atoms with Gasteiger partial charge in [-0.1, -0.05) is 11.6 Å².